The summed E-state index contributed by atoms with van der Waals surface area (Å²) in [5, 5.41) is 24.9. The minimum Gasteiger partial charge on any atom is -0.480 e. The van der Waals surface area contributed by atoms with E-state index >= 15 is 0 Å². The van der Waals surface area contributed by atoms with Crippen molar-refractivity contribution in [2.75, 3.05) is 19.6 Å². The molecule has 0 rings (SSSR count). The van der Waals surface area contributed by atoms with E-state index in [0.717, 1.165) is 12.8 Å². The second-order valence-corrected chi connectivity index (χ2v) is 6.50. The number of aliphatic carboxylic acids is 3. The number of carbonyl (C=O) groups is 3. The zero-order valence-corrected chi connectivity index (χ0v) is 17.9. The Balaban J connectivity index is -0.000000384. The van der Waals surface area contributed by atoms with Crippen molar-refractivity contribution >= 4 is 23.9 Å². The Morgan fingerprint density at radius 2 is 1.00 bits per heavy atom. The van der Waals surface area contributed by atoms with E-state index in [1.807, 2.05) is 0 Å². The largest absolute Gasteiger partial charge is 0.480 e. The van der Waals surface area contributed by atoms with E-state index in [-0.39, 0.29) is 5.96 Å². The summed E-state index contributed by atoms with van der Waals surface area (Å²) in [5.41, 5.74) is 36.0. The van der Waals surface area contributed by atoms with Crippen LogP contribution in [0.4, 0.5) is 0 Å². The quantitative estimate of drug-likeness (QED) is 0.0719. The summed E-state index contributed by atoms with van der Waals surface area (Å²) in [5.74, 6) is -2.88. The molecular formula is C17H40N8O6. The number of nitrogens with zero attached hydrogens (tertiary/aromatic N) is 1. The number of nitrogens with two attached hydrogens (primary N) is 7. The number of carboxylic acids is 3. The summed E-state index contributed by atoms with van der Waals surface area (Å²) in [6.07, 6.45) is 4.26. The Labute approximate surface area is 182 Å². The molecule has 0 amide bonds. The number of unbranched alkanes of at least 4 members (excludes halogenated alkanes) is 1. The zero-order valence-electron chi connectivity index (χ0n) is 17.9. The molecular weight excluding hydrogens is 412 g/mol. The molecule has 0 aromatic heterocycles. The lowest BCUT2D eigenvalue weighted by molar-refractivity contribution is -0.139. The lowest BCUT2D eigenvalue weighted by Crippen LogP contribution is -2.30. The number of aliphatic imine (C=N–C) groups is 1. The van der Waals surface area contributed by atoms with Crippen LogP contribution < -0.4 is 40.1 Å². The SMILES string of the molecule is NC(N)=NCCC[C@H](N)C(=O)O.NCCCC[C@H](N)C(=O)O.NCCC[C@H](N)C(=O)O. The van der Waals surface area contributed by atoms with Crippen molar-refractivity contribution in [2.24, 2.45) is 45.1 Å². The van der Waals surface area contributed by atoms with E-state index in [0.29, 0.717) is 51.7 Å². The summed E-state index contributed by atoms with van der Waals surface area (Å²) < 4.78 is 0. The van der Waals surface area contributed by atoms with E-state index < -0.39 is 36.0 Å². The van der Waals surface area contributed by atoms with Gasteiger partial charge in [-0.25, -0.2) is 0 Å². The maximum atomic E-state index is 10.2. The van der Waals surface area contributed by atoms with Crippen LogP contribution >= 0.6 is 0 Å². The Bertz CT molecular complexity index is 517. The molecule has 0 aromatic carbocycles. The molecule has 14 heteroatoms. The van der Waals surface area contributed by atoms with Crippen LogP contribution in [-0.2, 0) is 14.4 Å². The fourth-order valence-electron chi connectivity index (χ4n) is 1.74. The second kappa shape index (κ2) is 22.2. The van der Waals surface area contributed by atoms with Crippen LogP contribution in [0, 0.1) is 0 Å². The minimum atomic E-state index is -1.00. The maximum absolute atomic E-state index is 10.2. The van der Waals surface area contributed by atoms with Crippen molar-refractivity contribution in [3.05, 3.63) is 0 Å². The third-order valence-corrected chi connectivity index (χ3v) is 3.61. The first-order chi connectivity index (χ1) is 14.4. The smallest absolute Gasteiger partial charge is 0.320 e. The highest BCUT2D eigenvalue weighted by Crippen LogP contribution is 1.97. The van der Waals surface area contributed by atoms with E-state index in [2.05, 4.69) is 4.99 Å². The van der Waals surface area contributed by atoms with Gasteiger partial charge in [-0.3, -0.25) is 19.4 Å². The van der Waals surface area contributed by atoms with Gasteiger partial charge in [0.05, 0.1) is 0 Å². The third kappa shape index (κ3) is 27.5. The molecule has 0 saturated heterocycles. The summed E-state index contributed by atoms with van der Waals surface area (Å²) in [6.45, 7) is 1.52. The Kier molecular flexibility index (Phi) is 23.7. The first kappa shape index (κ1) is 33.1. The topological polar surface area (TPSA) is 306 Å². The van der Waals surface area contributed by atoms with Crippen LogP contribution in [0.15, 0.2) is 4.99 Å². The van der Waals surface area contributed by atoms with Crippen LogP contribution in [0.1, 0.15) is 44.9 Å². The highest BCUT2D eigenvalue weighted by molar-refractivity contribution is 5.75. The maximum Gasteiger partial charge on any atom is 0.320 e. The summed E-state index contributed by atoms with van der Waals surface area (Å²) in [4.78, 5) is 34.1. The average Bonchev–Trinajstić information content (AvgIpc) is 2.69. The average molecular weight is 453 g/mol. The molecule has 0 bridgehead atoms. The molecule has 0 heterocycles. The molecule has 0 fully saturated rings. The summed E-state index contributed by atoms with van der Waals surface area (Å²) in [7, 11) is 0. The normalized spacial score (nSPS) is 12.7. The molecule has 0 aliphatic rings. The number of guanidine groups is 1. The van der Waals surface area contributed by atoms with Gasteiger partial charge in [0.2, 0.25) is 0 Å². The molecule has 184 valence electrons. The summed E-state index contributed by atoms with van der Waals surface area (Å²) >= 11 is 0. The van der Waals surface area contributed by atoms with Crippen molar-refractivity contribution in [2.45, 2.75) is 63.1 Å². The Hall–Kier alpha value is -2.52. The van der Waals surface area contributed by atoms with Crippen LogP contribution in [0.2, 0.25) is 0 Å². The molecule has 31 heavy (non-hydrogen) atoms. The molecule has 0 saturated carbocycles. The fourth-order valence-corrected chi connectivity index (χ4v) is 1.74. The van der Waals surface area contributed by atoms with Gasteiger partial charge < -0.3 is 55.5 Å². The highest BCUT2D eigenvalue weighted by Gasteiger charge is 2.10. The van der Waals surface area contributed by atoms with Gasteiger partial charge in [0, 0.05) is 6.54 Å². The monoisotopic (exact) mass is 452 g/mol. The lowest BCUT2D eigenvalue weighted by atomic mass is 10.1. The highest BCUT2D eigenvalue weighted by atomic mass is 16.4. The molecule has 0 radical (unpaired) electrons. The van der Waals surface area contributed by atoms with E-state index in [9.17, 15) is 14.4 Å². The van der Waals surface area contributed by atoms with Gasteiger partial charge >= 0.3 is 17.9 Å². The second-order valence-electron chi connectivity index (χ2n) is 6.50. The van der Waals surface area contributed by atoms with Gasteiger partial charge in [0.1, 0.15) is 18.1 Å². The molecule has 14 nitrogen and oxygen atoms in total. The first-order valence-corrected chi connectivity index (χ1v) is 9.81. The van der Waals surface area contributed by atoms with Gasteiger partial charge in [-0.1, -0.05) is 6.42 Å². The zero-order chi connectivity index (χ0) is 24.8. The third-order valence-electron chi connectivity index (χ3n) is 3.61. The van der Waals surface area contributed by atoms with Crippen LogP contribution in [0.25, 0.3) is 0 Å². The molecule has 0 aliphatic carbocycles. The predicted octanol–water partition coefficient (Wildman–Crippen LogP) is -2.88. The van der Waals surface area contributed by atoms with Gasteiger partial charge in [-0.05, 0) is 51.6 Å². The predicted molar refractivity (Wildman–Crippen MR) is 118 cm³/mol. The number of carboxylic acid groups (broad SMARTS) is 3. The Morgan fingerprint density at radius 1 is 0.645 bits per heavy atom. The van der Waals surface area contributed by atoms with Crippen LogP contribution in [0.3, 0.4) is 0 Å². The Morgan fingerprint density at radius 3 is 1.32 bits per heavy atom. The molecule has 3 atom stereocenters. The van der Waals surface area contributed by atoms with Crippen molar-refractivity contribution in [3.63, 3.8) is 0 Å². The molecule has 0 aromatic rings. The number of rotatable bonds is 14. The number of hydrogen-bond acceptors (Lipinski definition) is 9. The van der Waals surface area contributed by atoms with Gasteiger partial charge in [-0.15, -0.1) is 0 Å². The fraction of sp³-hybridized carbons (Fsp3) is 0.765. The van der Waals surface area contributed by atoms with Gasteiger partial charge in [-0.2, -0.15) is 0 Å². The van der Waals surface area contributed by atoms with E-state index in [4.69, 9.17) is 55.5 Å². The van der Waals surface area contributed by atoms with Gasteiger partial charge in [0.15, 0.2) is 5.96 Å². The number of hydrogen-bond donors (Lipinski definition) is 10. The van der Waals surface area contributed by atoms with E-state index in [1.54, 1.807) is 0 Å². The van der Waals surface area contributed by atoms with Crippen molar-refractivity contribution in [1.29, 1.82) is 0 Å². The molecule has 0 unspecified atom stereocenters. The van der Waals surface area contributed by atoms with Crippen LogP contribution in [0.5, 0.6) is 0 Å². The van der Waals surface area contributed by atoms with Crippen molar-refractivity contribution in [3.8, 4) is 0 Å². The summed E-state index contributed by atoms with van der Waals surface area (Å²) in [6, 6.07) is -2.28. The molecule has 0 aliphatic heterocycles. The standard InChI is InChI=1S/C6H14N4O2.C6H14N2O2.C5H12N2O2/c7-4(5(11)12)2-1-3-10-6(8)9;7-4-2-1-3-5(8)6(9)10;6-3-1-2-4(7)5(8)9/h4H,1-3,7H2,(H,11,12)(H4,8,9,10);5H,1-4,7-8H2,(H,9,10);4H,1-3,6-7H2,(H,8,9)/t4-;5-;4-/m000/s1. The lowest BCUT2D eigenvalue weighted by Gasteiger charge is -2.03. The van der Waals surface area contributed by atoms with Crippen LogP contribution in [-0.4, -0.2) is 76.9 Å². The van der Waals surface area contributed by atoms with Gasteiger partial charge in [0.25, 0.3) is 0 Å². The minimum absolute atomic E-state index is 0.0129. The van der Waals surface area contributed by atoms with Crippen molar-refractivity contribution in [1.82, 2.24) is 0 Å². The molecule has 17 N–H and O–H groups in total. The van der Waals surface area contributed by atoms with E-state index in [1.165, 1.54) is 0 Å². The van der Waals surface area contributed by atoms with Crippen molar-refractivity contribution < 1.29 is 29.7 Å². The first-order valence-electron chi connectivity index (χ1n) is 9.81. The molecule has 0 spiro atoms.